The first kappa shape index (κ1) is 50.8. The lowest BCUT2D eigenvalue weighted by molar-refractivity contribution is -0.134. The van der Waals surface area contributed by atoms with Gasteiger partial charge in [-0.1, -0.05) is 141 Å². The molecule has 0 aliphatic heterocycles. The summed E-state index contributed by atoms with van der Waals surface area (Å²) >= 11 is 0. The Morgan fingerprint density at radius 1 is 0.828 bits per heavy atom. The number of unbranched alkanes of at least 4 members (excludes halogenated alkanes) is 14. The fourth-order valence-electron chi connectivity index (χ4n) is 7.76. The summed E-state index contributed by atoms with van der Waals surface area (Å²) in [7, 11) is 7.37. The first-order chi connectivity index (χ1) is 28.0. The van der Waals surface area contributed by atoms with Crippen molar-refractivity contribution in [2.45, 2.75) is 174 Å². The normalized spacial score (nSPS) is 16.6. The Hall–Kier alpha value is -3.36. The molecule has 2 atom stereocenters. The third kappa shape index (κ3) is 21.6. The second-order valence-corrected chi connectivity index (χ2v) is 17.0. The number of amides is 1. The smallest absolute Gasteiger partial charge is 0.311 e. The molecule has 328 valence electrons. The summed E-state index contributed by atoms with van der Waals surface area (Å²) in [6.45, 7) is 7.94. The molecule has 1 fully saturated rings. The monoisotopic (exact) mass is 807 g/mol. The molecule has 0 radical (unpaired) electrons. The van der Waals surface area contributed by atoms with Crippen LogP contribution < -0.4 is 19.5 Å². The standard InChI is InChI=1S/C34H57NO4.C16H25NO2/c1-5-6-7-8-9-10-11-12-13-14-15-16-21-24-34(37)39-31-26-25-30(27-32(31)38-4)28-35-33(36)23-20-18-17-19-22-29(2)3;1-17(2)12-14-7-4-5-10-16(14,18)13-8-6-9-15(11-13)19-3/h19,22,25-27,29H,5-18,20-21,23-24,28H2,1-4H3,(H,35,36);6,8-9,11,14,18H,4-5,7,10,12H2,1-3H3/b22-19+;/t;14-,16+/m.1/s1. The summed E-state index contributed by atoms with van der Waals surface area (Å²) < 4.78 is 16.3. The van der Waals surface area contributed by atoms with Gasteiger partial charge in [-0.15, -0.1) is 0 Å². The van der Waals surface area contributed by atoms with Gasteiger partial charge in [0.1, 0.15) is 5.75 Å². The second kappa shape index (κ2) is 30.6. The van der Waals surface area contributed by atoms with Gasteiger partial charge in [0.2, 0.25) is 5.91 Å². The van der Waals surface area contributed by atoms with E-state index < -0.39 is 5.60 Å². The average Bonchev–Trinajstić information content (AvgIpc) is 3.21. The van der Waals surface area contributed by atoms with Gasteiger partial charge in [-0.3, -0.25) is 9.59 Å². The molecule has 58 heavy (non-hydrogen) atoms. The number of aliphatic hydroxyl groups is 1. The van der Waals surface area contributed by atoms with E-state index in [1.165, 1.54) is 77.0 Å². The van der Waals surface area contributed by atoms with Crippen LogP contribution in [0.4, 0.5) is 0 Å². The number of benzene rings is 2. The maximum absolute atomic E-state index is 12.3. The van der Waals surface area contributed by atoms with Crippen molar-refractivity contribution in [3.05, 3.63) is 65.7 Å². The zero-order valence-electron chi connectivity index (χ0n) is 37.8. The number of carbonyl (C=O) groups is 2. The Labute approximate surface area is 353 Å². The minimum absolute atomic E-state index is 0.0510. The Balaban J connectivity index is 0.000000505. The van der Waals surface area contributed by atoms with Crippen molar-refractivity contribution in [2.24, 2.45) is 11.8 Å². The van der Waals surface area contributed by atoms with Crippen molar-refractivity contribution in [3.63, 3.8) is 0 Å². The summed E-state index contributed by atoms with van der Waals surface area (Å²) in [5.41, 5.74) is 1.20. The zero-order chi connectivity index (χ0) is 42.4. The topological polar surface area (TPSA) is 97.3 Å². The number of hydrogen-bond acceptors (Lipinski definition) is 7. The van der Waals surface area contributed by atoms with Crippen LogP contribution in [0.2, 0.25) is 0 Å². The van der Waals surface area contributed by atoms with Crippen LogP contribution in [0.25, 0.3) is 0 Å². The van der Waals surface area contributed by atoms with E-state index >= 15 is 0 Å². The highest BCUT2D eigenvalue weighted by Gasteiger charge is 2.40. The third-order valence-electron chi connectivity index (χ3n) is 11.2. The molecular formula is C50H82N2O6. The predicted octanol–water partition coefficient (Wildman–Crippen LogP) is 12.1. The van der Waals surface area contributed by atoms with Crippen LogP contribution in [0.3, 0.4) is 0 Å². The van der Waals surface area contributed by atoms with Crippen LogP contribution in [0, 0.1) is 11.8 Å². The van der Waals surface area contributed by atoms with E-state index in [4.69, 9.17) is 14.2 Å². The van der Waals surface area contributed by atoms with Gasteiger partial charge in [0, 0.05) is 31.8 Å². The second-order valence-electron chi connectivity index (χ2n) is 17.0. The van der Waals surface area contributed by atoms with E-state index in [0.717, 1.165) is 74.8 Å². The summed E-state index contributed by atoms with van der Waals surface area (Å²) in [6.07, 6.45) is 29.1. The number of ether oxygens (including phenoxy) is 3. The highest BCUT2D eigenvalue weighted by Crippen LogP contribution is 2.42. The van der Waals surface area contributed by atoms with Crippen LogP contribution in [0.15, 0.2) is 54.6 Å². The number of hydrogen-bond donors (Lipinski definition) is 2. The minimum atomic E-state index is -0.711. The molecule has 0 saturated heterocycles. The van der Waals surface area contributed by atoms with Gasteiger partial charge < -0.3 is 29.5 Å². The number of rotatable bonds is 28. The number of esters is 1. The SMILES string of the molecule is CCCCCCCCCCCCCCCC(=O)Oc1ccc(CNC(=O)CCCC/C=C/C(C)C)cc1OC.COc1cccc([C@@]2(O)CCCC[C@@H]2CN(C)C)c1. The molecule has 8 nitrogen and oxygen atoms in total. The van der Waals surface area contributed by atoms with E-state index in [0.29, 0.717) is 42.7 Å². The van der Waals surface area contributed by atoms with E-state index in [1.54, 1.807) is 20.3 Å². The molecule has 1 saturated carbocycles. The van der Waals surface area contributed by atoms with Gasteiger partial charge in [0.25, 0.3) is 0 Å². The Bertz CT molecular complexity index is 1420. The van der Waals surface area contributed by atoms with Crippen molar-refractivity contribution in [1.29, 1.82) is 0 Å². The zero-order valence-corrected chi connectivity index (χ0v) is 37.8. The molecule has 0 spiro atoms. The number of methoxy groups -OCH3 is 2. The molecule has 8 heteroatoms. The lowest BCUT2D eigenvalue weighted by Gasteiger charge is -2.41. The van der Waals surface area contributed by atoms with Crippen molar-refractivity contribution in [1.82, 2.24) is 10.2 Å². The summed E-state index contributed by atoms with van der Waals surface area (Å²) in [6, 6.07) is 13.3. The summed E-state index contributed by atoms with van der Waals surface area (Å²) in [5, 5.41) is 14.2. The molecule has 1 aliphatic carbocycles. The Kier molecular flexibility index (Phi) is 26.8. The fourth-order valence-corrected chi connectivity index (χ4v) is 7.76. The number of nitrogens with one attached hydrogen (secondary N) is 1. The minimum Gasteiger partial charge on any atom is -0.497 e. The quantitative estimate of drug-likeness (QED) is 0.0382. The lowest BCUT2D eigenvalue weighted by Crippen LogP contribution is -2.43. The molecule has 0 unspecified atom stereocenters. The molecule has 0 heterocycles. The number of allylic oxidation sites excluding steroid dienone is 2. The first-order valence-electron chi connectivity index (χ1n) is 22.8. The van der Waals surface area contributed by atoms with Gasteiger partial charge in [0.05, 0.1) is 19.8 Å². The largest absolute Gasteiger partial charge is 0.497 e. The van der Waals surface area contributed by atoms with Crippen LogP contribution in [0.5, 0.6) is 17.2 Å². The molecule has 2 N–H and O–H groups in total. The van der Waals surface area contributed by atoms with Crippen LogP contribution in [-0.4, -0.2) is 56.7 Å². The van der Waals surface area contributed by atoms with Crippen molar-refractivity contribution >= 4 is 11.9 Å². The average molecular weight is 807 g/mol. The third-order valence-corrected chi connectivity index (χ3v) is 11.2. The van der Waals surface area contributed by atoms with Gasteiger partial charge in [0.15, 0.2) is 11.5 Å². The molecule has 2 aromatic carbocycles. The predicted molar refractivity (Wildman–Crippen MR) is 241 cm³/mol. The van der Waals surface area contributed by atoms with E-state index in [-0.39, 0.29) is 11.9 Å². The first-order valence-corrected chi connectivity index (χ1v) is 22.8. The summed E-state index contributed by atoms with van der Waals surface area (Å²) in [4.78, 5) is 26.7. The highest BCUT2D eigenvalue weighted by molar-refractivity contribution is 5.76. The van der Waals surface area contributed by atoms with Crippen molar-refractivity contribution < 1.29 is 28.9 Å². The van der Waals surface area contributed by atoms with Crippen molar-refractivity contribution in [2.75, 3.05) is 34.9 Å². The Morgan fingerprint density at radius 2 is 1.48 bits per heavy atom. The van der Waals surface area contributed by atoms with Crippen LogP contribution >= 0.6 is 0 Å². The van der Waals surface area contributed by atoms with Crippen LogP contribution in [0.1, 0.15) is 173 Å². The molecule has 0 bridgehead atoms. The molecule has 2 aromatic rings. The molecule has 1 amide bonds. The van der Waals surface area contributed by atoms with Gasteiger partial charge >= 0.3 is 5.97 Å². The molecular weight excluding hydrogens is 725 g/mol. The maximum atomic E-state index is 12.3. The Morgan fingerprint density at radius 3 is 2.10 bits per heavy atom. The van der Waals surface area contributed by atoms with Gasteiger partial charge in [-0.25, -0.2) is 0 Å². The maximum Gasteiger partial charge on any atom is 0.311 e. The molecule has 3 rings (SSSR count). The highest BCUT2D eigenvalue weighted by atomic mass is 16.6. The van der Waals surface area contributed by atoms with Gasteiger partial charge in [-0.05, 0) is 93.9 Å². The fraction of sp³-hybridized carbons (Fsp3) is 0.680. The lowest BCUT2D eigenvalue weighted by atomic mass is 9.71. The summed E-state index contributed by atoms with van der Waals surface area (Å²) in [5.74, 6) is 2.46. The number of nitrogens with zero attached hydrogens (tertiary/aromatic N) is 1. The van der Waals surface area contributed by atoms with E-state index in [9.17, 15) is 14.7 Å². The van der Waals surface area contributed by atoms with E-state index in [1.807, 2.05) is 36.4 Å². The van der Waals surface area contributed by atoms with E-state index in [2.05, 4.69) is 57.2 Å². The number of carbonyl (C=O) groups excluding carboxylic acids is 2. The molecule has 0 aromatic heterocycles. The van der Waals surface area contributed by atoms with Gasteiger partial charge in [-0.2, -0.15) is 0 Å². The van der Waals surface area contributed by atoms with Crippen molar-refractivity contribution in [3.8, 4) is 17.2 Å². The molecule has 1 aliphatic rings. The van der Waals surface area contributed by atoms with Crippen LogP contribution in [-0.2, 0) is 21.7 Å².